The number of H-pyrrole nitrogens is 1. The zero-order chi connectivity index (χ0) is 12.8. The third-order valence-corrected chi connectivity index (χ3v) is 4.38. The molecule has 17 heavy (non-hydrogen) atoms. The van der Waals surface area contributed by atoms with E-state index in [0.717, 1.165) is 4.68 Å². The highest BCUT2D eigenvalue weighted by Crippen LogP contribution is 2.28. The van der Waals surface area contributed by atoms with Crippen LogP contribution in [0.1, 0.15) is 18.2 Å². The van der Waals surface area contributed by atoms with E-state index < -0.39 is 33.3 Å². The lowest BCUT2D eigenvalue weighted by molar-refractivity contribution is -0.141. The third-order valence-electron chi connectivity index (χ3n) is 2.63. The van der Waals surface area contributed by atoms with Gasteiger partial charge in [0.15, 0.2) is 9.84 Å². The van der Waals surface area contributed by atoms with Crippen molar-refractivity contribution < 1.29 is 21.6 Å². The van der Waals surface area contributed by atoms with Crippen molar-refractivity contribution in [2.75, 3.05) is 11.5 Å². The van der Waals surface area contributed by atoms with E-state index in [1.54, 1.807) is 0 Å². The minimum Gasteiger partial charge on any atom is -0.291 e. The van der Waals surface area contributed by atoms with Gasteiger partial charge in [-0.05, 0) is 6.42 Å². The number of aromatic nitrogens is 2. The van der Waals surface area contributed by atoms with Crippen LogP contribution >= 0.6 is 0 Å². The molecule has 1 atom stereocenters. The van der Waals surface area contributed by atoms with Gasteiger partial charge in [-0.1, -0.05) is 0 Å². The summed E-state index contributed by atoms with van der Waals surface area (Å²) in [5.41, 5.74) is -2.02. The molecule has 0 bridgehead atoms. The van der Waals surface area contributed by atoms with Gasteiger partial charge >= 0.3 is 6.18 Å². The monoisotopic (exact) mass is 270 g/mol. The first-order valence-electron chi connectivity index (χ1n) is 4.78. The topological polar surface area (TPSA) is 71.9 Å². The number of nitrogens with zero attached hydrogens (tertiary/aromatic N) is 1. The lowest BCUT2D eigenvalue weighted by atomic mass is 10.3. The molecule has 5 nitrogen and oxygen atoms in total. The van der Waals surface area contributed by atoms with E-state index in [2.05, 4.69) is 0 Å². The summed E-state index contributed by atoms with van der Waals surface area (Å²) in [6.45, 7) is 0. The van der Waals surface area contributed by atoms with Crippen LogP contribution in [0.25, 0.3) is 0 Å². The number of rotatable bonds is 1. The zero-order valence-electron chi connectivity index (χ0n) is 8.49. The van der Waals surface area contributed by atoms with Gasteiger partial charge in [-0.2, -0.15) is 13.2 Å². The van der Waals surface area contributed by atoms with E-state index in [1.807, 2.05) is 5.10 Å². The van der Waals surface area contributed by atoms with Crippen LogP contribution < -0.4 is 5.56 Å². The maximum absolute atomic E-state index is 12.3. The maximum Gasteiger partial charge on any atom is 0.432 e. The molecule has 2 rings (SSSR count). The Morgan fingerprint density at radius 2 is 2.06 bits per heavy atom. The standard InChI is InChI=1S/C8H9F3N2O3S/c9-8(10,11)6-3-7(14)13(12-6)5-1-2-17(15,16)4-5/h3,5,12H,1-2,4H2. The van der Waals surface area contributed by atoms with Crippen molar-refractivity contribution in [3.63, 3.8) is 0 Å². The fraction of sp³-hybridized carbons (Fsp3) is 0.625. The third kappa shape index (κ3) is 2.38. The first kappa shape index (κ1) is 12.2. The molecule has 1 fully saturated rings. The molecule has 96 valence electrons. The summed E-state index contributed by atoms with van der Waals surface area (Å²) in [4.78, 5) is 11.3. The molecule has 0 spiro atoms. The Kier molecular flexibility index (Phi) is 2.60. The number of hydrogen-bond donors (Lipinski definition) is 1. The zero-order valence-corrected chi connectivity index (χ0v) is 9.31. The predicted molar refractivity (Wildman–Crippen MR) is 52.4 cm³/mol. The highest BCUT2D eigenvalue weighted by atomic mass is 32.2. The van der Waals surface area contributed by atoms with Crippen molar-refractivity contribution in [2.45, 2.75) is 18.6 Å². The Hall–Kier alpha value is -1.25. The molecular formula is C8H9F3N2O3S. The Bertz CT molecular complexity index is 584. The summed E-state index contributed by atoms with van der Waals surface area (Å²) in [7, 11) is -3.25. The number of sulfone groups is 1. The molecule has 0 saturated carbocycles. The van der Waals surface area contributed by atoms with Crippen LogP contribution in [0.2, 0.25) is 0 Å². The molecule has 2 heterocycles. The molecule has 1 aromatic heterocycles. The molecule has 0 aromatic carbocycles. The van der Waals surface area contributed by atoms with Gasteiger partial charge in [0.2, 0.25) is 0 Å². The SMILES string of the molecule is O=c1cc(C(F)(F)F)[nH]n1C1CCS(=O)(=O)C1. The van der Waals surface area contributed by atoms with Gasteiger partial charge in [-0.3, -0.25) is 9.89 Å². The van der Waals surface area contributed by atoms with Gasteiger partial charge in [-0.25, -0.2) is 13.1 Å². The molecular weight excluding hydrogens is 261 g/mol. The number of aromatic amines is 1. The highest BCUT2D eigenvalue weighted by Gasteiger charge is 2.36. The van der Waals surface area contributed by atoms with Gasteiger partial charge in [-0.15, -0.1) is 0 Å². The predicted octanol–water partition coefficient (Wildman–Crippen LogP) is 0.555. The van der Waals surface area contributed by atoms with Crippen LogP contribution in [-0.4, -0.2) is 29.7 Å². The number of nitrogens with one attached hydrogen (secondary N) is 1. The molecule has 9 heteroatoms. The highest BCUT2D eigenvalue weighted by molar-refractivity contribution is 7.91. The second kappa shape index (κ2) is 3.62. The van der Waals surface area contributed by atoms with Crippen LogP contribution in [0, 0.1) is 0 Å². The Morgan fingerprint density at radius 1 is 1.41 bits per heavy atom. The maximum atomic E-state index is 12.3. The Balaban J connectivity index is 2.36. The molecule has 0 radical (unpaired) electrons. The normalized spacial score (nSPS) is 24.1. The summed E-state index contributed by atoms with van der Waals surface area (Å²) >= 11 is 0. The molecule has 1 saturated heterocycles. The summed E-state index contributed by atoms with van der Waals surface area (Å²) in [5, 5.41) is 1.92. The number of alkyl halides is 3. The fourth-order valence-electron chi connectivity index (χ4n) is 1.81. The van der Waals surface area contributed by atoms with Crippen LogP contribution in [-0.2, 0) is 16.0 Å². The average molecular weight is 270 g/mol. The molecule has 1 aliphatic heterocycles. The Morgan fingerprint density at radius 3 is 2.47 bits per heavy atom. The van der Waals surface area contributed by atoms with E-state index in [9.17, 15) is 26.4 Å². The van der Waals surface area contributed by atoms with E-state index in [4.69, 9.17) is 0 Å². The second-order valence-corrected chi connectivity index (χ2v) is 6.16. The Labute approximate surface area is 94.1 Å². The van der Waals surface area contributed by atoms with E-state index in [-0.39, 0.29) is 17.9 Å². The van der Waals surface area contributed by atoms with Crippen molar-refractivity contribution in [3.05, 3.63) is 22.1 Å². The van der Waals surface area contributed by atoms with Crippen LogP contribution in [0.5, 0.6) is 0 Å². The van der Waals surface area contributed by atoms with Crippen LogP contribution in [0.15, 0.2) is 10.9 Å². The molecule has 1 aromatic rings. The van der Waals surface area contributed by atoms with Gasteiger partial charge in [0.05, 0.1) is 17.5 Å². The molecule has 0 amide bonds. The fourth-order valence-corrected chi connectivity index (χ4v) is 3.51. The number of halogens is 3. The quantitative estimate of drug-likeness (QED) is 0.810. The number of hydrogen-bond acceptors (Lipinski definition) is 3. The molecule has 1 aliphatic rings. The first-order valence-corrected chi connectivity index (χ1v) is 6.60. The average Bonchev–Trinajstić information content (AvgIpc) is 2.68. The molecule has 1 N–H and O–H groups in total. The van der Waals surface area contributed by atoms with Crippen LogP contribution in [0.4, 0.5) is 13.2 Å². The minimum absolute atomic E-state index is 0.107. The summed E-state index contributed by atoms with van der Waals surface area (Å²) in [6, 6.07) is -0.297. The van der Waals surface area contributed by atoms with Crippen molar-refractivity contribution >= 4 is 9.84 Å². The smallest absolute Gasteiger partial charge is 0.291 e. The minimum atomic E-state index is -4.64. The van der Waals surface area contributed by atoms with Gasteiger partial charge in [0.25, 0.3) is 5.56 Å². The first-order chi connectivity index (χ1) is 7.69. The summed E-state index contributed by atoms with van der Waals surface area (Å²) in [6.07, 6.45) is -4.48. The van der Waals surface area contributed by atoms with E-state index in [1.165, 1.54) is 0 Å². The van der Waals surface area contributed by atoms with Crippen molar-refractivity contribution in [2.24, 2.45) is 0 Å². The van der Waals surface area contributed by atoms with Gasteiger partial charge < -0.3 is 0 Å². The lowest BCUT2D eigenvalue weighted by Crippen LogP contribution is -2.23. The molecule has 0 aliphatic carbocycles. The molecule has 1 unspecified atom stereocenters. The van der Waals surface area contributed by atoms with Crippen molar-refractivity contribution in [3.8, 4) is 0 Å². The van der Waals surface area contributed by atoms with Crippen molar-refractivity contribution in [1.29, 1.82) is 0 Å². The lowest BCUT2D eigenvalue weighted by Gasteiger charge is -2.09. The van der Waals surface area contributed by atoms with E-state index >= 15 is 0 Å². The van der Waals surface area contributed by atoms with Crippen LogP contribution in [0.3, 0.4) is 0 Å². The van der Waals surface area contributed by atoms with E-state index in [0.29, 0.717) is 6.07 Å². The summed E-state index contributed by atoms with van der Waals surface area (Å²) in [5.74, 6) is -0.408. The summed E-state index contributed by atoms with van der Waals surface area (Å²) < 4.78 is 60.1. The van der Waals surface area contributed by atoms with Crippen molar-refractivity contribution in [1.82, 2.24) is 9.78 Å². The van der Waals surface area contributed by atoms with Gasteiger partial charge in [0, 0.05) is 6.07 Å². The van der Waals surface area contributed by atoms with Gasteiger partial charge in [0.1, 0.15) is 5.69 Å². The second-order valence-electron chi connectivity index (χ2n) is 3.93. The largest absolute Gasteiger partial charge is 0.432 e.